The van der Waals surface area contributed by atoms with Crippen molar-refractivity contribution in [2.24, 2.45) is 5.92 Å². The molecule has 150 valence electrons. The van der Waals surface area contributed by atoms with Crippen molar-refractivity contribution >= 4 is 34.3 Å². The molecule has 2 amide bonds. The summed E-state index contributed by atoms with van der Waals surface area (Å²) in [4.78, 5) is 41.0. The van der Waals surface area contributed by atoms with Crippen molar-refractivity contribution in [1.82, 2.24) is 10.3 Å². The summed E-state index contributed by atoms with van der Waals surface area (Å²) in [7, 11) is 0. The van der Waals surface area contributed by atoms with Gasteiger partial charge < -0.3 is 15.4 Å². The first-order valence-electron chi connectivity index (χ1n) is 9.09. The van der Waals surface area contributed by atoms with Crippen LogP contribution in [0.15, 0.2) is 29.6 Å². The predicted molar refractivity (Wildman–Crippen MR) is 108 cm³/mol. The molecule has 1 unspecified atom stereocenters. The van der Waals surface area contributed by atoms with Gasteiger partial charge in [-0.1, -0.05) is 32.0 Å². The van der Waals surface area contributed by atoms with Crippen molar-refractivity contribution in [2.75, 3.05) is 11.9 Å². The number of aromatic nitrogens is 1. The van der Waals surface area contributed by atoms with Gasteiger partial charge in [0.05, 0.1) is 18.7 Å². The fraction of sp³-hybridized carbons (Fsp3) is 0.400. The second kappa shape index (κ2) is 9.98. The number of hydrogen-bond acceptors (Lipinski definition) is 6. The number of aryl methyl sites for hydroxylation is 1. The average Bonchev–Trinajstić information content (AvgIpc) is 3.06. The van der Waals surface area contributed by atoms with Gasteiger partial charge in [0.25, 0.3) is 5.91 Å². The summed E-state index contributed by atoms with van der Waals surface area (Å²) in [5, 5.41) is 7.60. The molecule has 0 fully saturated rings. The van der Waals surface area contributed by atoms with Crippen LogP contribution in [0.25, 0.3) is 0 Å². The van der Waals surface area contributed by atoms with Gasteiger partial charge in [-0.2, -0.15) is 0 Å². The summed E-state index contributed by atoms with van der Waals surface area (Å²) in [6.07, 6.45) is 0.0534. The van der Waals surface area contributed by atoms with Crippen LogP contribution in [-0.2, 0) is 20.7 Å². The van der Waals surface area contributed by atoms with Gasteiger partial charge >= 0.3 is 5.97 Å². The van der Waals surface area contributed by atoms with Gasteiger partial charge in [0.15, 0.2) is 5.13 Å². The maximum absolute atomic E-state index is 12.7. The second-order valence-electron chi connectivity index (χ2n) is 6.63. The van der Waals surface area contributed by atoms with Crippen LogP contribution in [0.5, 0.6) is 0 Å². The molecule has 28 heavy (non-hydrogen) atoms. The van der Waals surface area contributed by atoms with Crippen LogP contribution in [-0.4, -0.2) is 35.4 Å². The Kier molecular flexibility index (Phi) is 7.69. The van der Waals surface area contributed by atoms with Crippen LogP contribution in [0.3, 0.4) is 0 Å². The molecule has 0 spiro atoms. The molecule has 1 heterocycles. The number of carbonyl (C=O) groups excluding carboxylic acids is 3. The summed E-state index contributed by atoms with van der Waals surface area (Å²) >= 11 is 1.22. The van der Waals surface area contributed by atoms with Crippen LogP contribution >= 0.6 is 11.3 Å². The largest absolute Gasteiger partial charge is 0.466 e. The number of anilines is 1. The number of esters is 1. The molecule has 0 saturated carbocycles. The Hall–Kier alpha value is -2.74. The molecule has 0 radical (unpaired) electrons. The molecule has 1 aromatic heterocycles. The molecule has 7 nitrogen and oxygen atoms in total. The van der Waals surface area contributed by atoms with Gasteiger partial charge in [0.1, 0.15) is 6.04 Å². The van der Waals surface area contributed by atoms with Gasteiger partial charge in [-0.25, -0.2) is 4.98 Å². The van der Waals surface area contributed by atoms with Gasteiger partial charge in [-0.05, 0) is 31.4 Å². The van der Waals surface area contributed by atoms with E-state index in [9.17, 15) is 14.4 Å². The van der Waals surface area contributed by atoms with E-state index in [0.29, 0.717) is 23.0 Å². The van der Waals surface area contributed by atoms with Crippen molar-refractivity contribution in [3.8, 4) is 0 Å². The Morgan fingerprint density at radius 2 is 1.93 bits per heavy atom. The molecular formula is C20H25N3O4S. The number of rotatable bonds is 8. The summed E-state index contributed by atoms with van der Waals surface area (Å²) < 4.78 is 4.89. The number of amides is 2. The van der Waals surface area contributed by atoms with Crippen LogP contribution < -0.4 is 10.6 Å². The molecule has 0 saturated heterocycles. The van der Waals surface area contributed by atoms with Gasteiger partial charge in [0, 0.05) is 10.9 Å². The highest BCUT2D eigenvalue weighted by molar-refractivity contribution is 7.13. The van der Waals surface area contributed by atoms with Crippen molar-refractivity contribution < 1.29 is 19.1 Å². The standard InChI is InChI=1S/C20H25N3O4S/c1-5-27-16(24)10-14-11-28-20(21-14)23-19(26)17(12(2)3)22-18(25)15-9-7-6-8-13(15)4/h6-9,11-12,17H,5,10H2,1-4H3,(H,22,25)(H,21,23,26). The molecule has 1 aromatic carbocycles. The van der Waals surface area contributed by atoms with E-state index in [-0.39, 0.29) is 30.1 Å². The summed E-state index contributed by atoms with van der Waals surface area (Å²) in [5.41, 5.74) is 1.90. The summed E-state index contributed by atoms with van der Waals surface area (Å²) in [6, 6.07) is 6.49. The number of benzene rings is 1. The van der Waals surface area contributed by atoms with Gasteiger partial charge in [-0.3, -0.25) is 14.4 Å². The van der Waals surface area contributed by atoms with Crippen LogP contribution in [0.2, 0.25) is 0 Å². The third kappa shape index (κ3) is 5.88. The SMILES string of the molecule is CCOC(=O)Cc1csc(NC(=O)C(NC(=O)c2ccccc2C)C(C)C)n1. The van der Waals surface area contributed by atoms with E-state index in [0.717, 1.165) is 5.56 Å². The van der Waals surface area contributed by atoms with Crippen LogP contribution in [0, 0.1) is 12.8 Å². The smallest absolute Gasteiger partial charge is 0.311 e. The maximum atomic E-state index is 12.7. The lowest BCUT2D eigenvalue weighted by atomic mass is 10.0. The lowest BCUT2D eigenvalue weighted by molar-refractivity contribution is -0.142. The molecule has 8 heteroatoms. The Balaban J connectivity index is 2.03. The first-order chi connectivity index (χ1) is 13.3. The summed E-state index contributed by atoms with van der Waals surface area (Å²) in [6.45, 7) is 7.61. The lowest BCUT2D eigenvalue weighted by Gasteiger charge is -2.21. The van der Waals surface area contributed by atoms with E-state index in [1.54, 1.807) is 24.4 Å². The molecule has 0 aliphatic heterocycles. The fourth-order valence-electron chi connectivity index (χ4n) is 2.57. The molecule has 0 aliphatic carbocycles. The molecule has 0 bridgehead atoms. The Labute approximate surface area is 168 Å². The minimum atomic E-state index is -0.718. The highest BCUT2D eigenvalue weighted by Gasteiger charge is 2.26. The van der Waals surface area contributed by atoms with E-state index in [1.165, 1.54) is 11.3 Å². The Morgan fingerprint density at radius 3 is 2.57 bits per heavy atom. The molecule has 2 aromatic rings. The number of nitrogens with one attached hydrogen (secondary N) is 2. The number of nitrogens with zero attached hydrogens (tertiary/aromatic N) is 1. The minimum absolute atomic E-state index is 0.0534. The van der Waals surface area contributed by atoms with Crippen LogP contribution in [0.4, 0.5) is 5.13 Å². The number of thiazole rings is 1. The van der Waals surface area contributed by atoms with Crippen molar-refractivity contribution in [1.29, 1.82) is 0 Å². The monoisotopic (exact) mass is 403 g/mol. The minimum Gasteiger partial charge on any atom is -0.466 e. The van der Waals surface area contributed by atoms with Crippen LogP contribution in [0.1, 0.15) is 42.4 Å². The Morgan fingerprint density at radius 1 is 1.21 bits per heavy atom. The highest BCUT2D eigenvalue weighted by atomic mass is 32.1. The predicted octanol–water partition coefficient (Wildman–Crippen LogP) is 2.95. The van der Waals surface area contributed by atoms with Gasteiger partial charge in [-0.15, -0.1) is 11.3 Å². The number of carbonyl (C=O) groups is 3. The molecule has 1 atom stereocenters. The molecular weight excluding hydrogens is 378 g/mol. The zero-order chi connectivity index (χ0) is 20.7. The summed E-state index contributed by atoms with van der Waals surface area (Å²) in [5.74, 6) is -1.13. The van der Waals surface area contributed by atoms with Crippen molar-refractivity contribution in [2.45, 2.75) is 40.2 Å². The Bertz CT molecular complexity index is 847. The third-order valence-electron chi connectivity index (χ3n) is 4.04. The van der Waals surface area contributed by atoms with Gasteiger partial charge in [0.2, 0.25) is 5.91 Å². The zero-order valence-electron chi connectivity index (χ0n) is 16.4. The normalized spacial score (nSPS) is 11.8. The fourth-order valence-corrected chi connectivity index (χ4v) is 3.28. The number of ether oxygens (including phenoxy) is 1. The molecule has 2 N–H and O–H groups in total. The van der Waals surface area contributed by atoms with E-state index >= 15 is 0 Å². The third-order valence-corrected chi connectivity index (χ3v) is 4.84. The topological polar surface area (TPSA) is 97.4 Å². The maximum Gasteiger partial charge on any atom is 0.311 e. The number of hydrogen-bond donors (Lipinski definition) is 2. The van der Waals surface area contributed by atoms with E-state index in [2.05, 4.69) is 15.6 Å². The van der Waals surface area contributed by atoms with E-state index < -0.39 is 6.04 Å². The van der Waals surface area contributed by atoms with E-state index in [4.69, 9.17) is 4.74 Å². The van der Waals surface area contributed by atoms with E-state index in [1.807, 2.05) is 32.9 Å². The average molecular weight is 404 g/mol. The van der Waals surface area contributed by atoms with Crippen molar-refractivity contribution in [3.63, 3.8) is 0 Å². The second-order valence-corrected chi connectivity index (χ2v) is 7.48. The molecule has 2 rings (SSSR count). The van der Waals surface area contributed by atoms with Crippen molar-refractivity contribution in [3.05, 3.63) is 46.5 Å². The zero-order valence-corrected chi connectivity index (χ0v) is 17.3. The first kappa shape index (κ1) is 21.6. The highest BCUT2D eigenvalue weighted by Crippen LogP contribution is 2.18. The first-order valence-corrected chi connectivity index (χ1v) is 9.97. The lowest BCUT2D eigenvalue weighted by Crippen LogP contribution is -2.47. The molecule has 0 aliphatic rings. The quantitative estimate of drug-likeness (QED) is 0.661.